The summed E-state index contributed by atoms with van der Waals surface area (Å²) < 4.78 is 5.91. The molecule has 1 fully saturated rings. The molecule has 2 heteroatoms. The molecule has 2 nitrogen and oxygen atoms in total. The Bertz CT molecular complexity index is 570. The molecule has 24 heavy (non-hydrogen) atoms. The Morgan fingerprint density at radius 2 is 1.58 bits per heavy atom. The SMILES string of the molecule is CC(C)(C)C#CCN1CCC(c2ccc(OC(C)(C)C)cc2)CC1. The maximum atomic E-state index is 5.91. The lowest BCUT2D eigenvalue weighted by molar-refractivity contribution is 0.131. The first-order chi connectivity index (χ1) is 11.1. The van der Waals surface area contributed by atoms with Crippen LogP contribution < -0.4 is 4.74 Å². The molecule has 1 saturated heterocycles. The molecule has 0 spiro atoms. The summed E-state index contributed by atoms with van der Waals surface area (Å²) in [5.74, 6) is 8.30. The molecule has 132 valence electrons. The number of nitrogens with zero attached hydrogens (tertiary/aromatic N) is 1. The summed E-state index contributed by atoms with van der Waals surface area (Å²) >= 11 is 0. The minimum absolute atomic E-state index is 0.106. The number of piperidine rings is 1. The van der Waals surface area contributed by atoms with Crippen molar-refractivity contribution in [2.75, 3.05) is 19.6 Å². The van der Waals surface area contributed by atoms with Gasteiger partial charge >= 0.3 is 0 Å². The van der Waals surface area contributed by atoms with Crippen molar-refractivity contribution in [1.82, 2.24) is 4.90 Å². The highest BCUT2D eigenvalue weighted by atomic mass is 16.5. The van der Waals surface area contributed by atoms with E-state index in [0.29, 0.717) is 5.92 Å². The second kappa shape index (κ2) is 7.62. The Balaban J connectivity index is 1.84. The van der Waals surface area contributed by atoms with Gasteiger partial charge in [-0.25, -0.2) is 0 Å². The molecule has 0 amide bonds. The standard InChI is InChI=1S/C22H33NO/c1-21(2,3)14-7-15-23-16-12-19(13-17-23)18-8-10-20(11-9-18)24-22(4,5)6/h8-11,19H,12-13,15-17H2,1-6H3. The molecule has 1 aliphatic heterocycles. The quantitative estimate of drug-likeness (QED) is 0.717. The minimum atomic E-state index is -0.138. The summed E-state index contributed by atoms with van der Waals surface area (Å²) in [7, 11) is 0. The van der Waals surface area contributed by atoms with Gasteiger partial charge in [0.05, 0.1) is 6.54 Å². The summed E-state index contributed by atoms with van der Waals surface area (Å²) in [4.78, 5) is 2.48. The largest absolute Gasteiger partial charge is 0.488 e. The van der Waals surface area contributed by atoms with Crippen LogP contribution in [0.2, 0.25) is 0 Å². The fourth-order valence-corrected chi connectivity index (χ4v) is 3.00. The molecule has 1 aromatic carbocycles. The predicted octanol–water partition coefficient (Wildman–Crippen LogP) is 5.09. The van der Waals surface area contributed by atoms with E-state index in [9.17, 15) is 0 Å². The Hall–Kier alpha value is -1.46. The van der Waals surface area contributed by atoms with Gasteiger partial charge in [-0.2, -0.15) is 0 Å². The highest BCUT2D eigenvalue weighted by Crippen LogP contribution is 2.29. The van der Waals surface area contributed by atoms with Gasteiger partial charge in [-0.05, 0) is 91.1 Å². The zero-order valence-electron chi connectivity index (χ0n) is 16.3. The highest BCUT2D eigenvalue weighted by molar-refractivity contribution is 5.30. The average molecular weight is 328 g/mol. The van der Waals surface area contributed by atoms with Crippen molar-refractivity contribution in [1.29, 1.82) is 0 Å². The third kappa shape index (κ3) is 6.57. The van der Waals surface area contributed by atoms with E-state index in [-0.39, 0.29) is 11.0 Å². The maximum absolute atomic E-state index is 5.91. The smallest absolute Gasteiger partial charge is 0.120 e. The van der Waals surface area contributed by atoms with Gasteiger partial charge < -0.3 is 4.74 Å². The van der Waals surface area contributed by atoms with Crippen LogP contribution in [0.1, 0.15) is 65.9 Å². The molecule has 1 aliphatic rings. The van der Waals surface area contributed by atoms with Crippen LogP contribution in [0.25, 0.3) is 0 Å². The zero-order chi connectivity index (χ0) is 17.8. The number of rotatable bonds is 3. The fourth-order valence-electron chi connectivity index (χ4n) is 3.00. The highest BCUT2D eigenvalue weighted by Gasteiger charge is 2.20. The summed E-state index contributed by atoms with van der Waals surface area (Å²) in [6, 6.07) is 8.70. The van der Waals surface area contributed by atoms with E-state index >= 15 is 0 Å². The van der Waals surface area contributed by atoms with Crippen molar-refractivity contribution in [3.63, 3.8) is 0 Å². The van der Waals surface area contributed by atoms with E-state index < -0.39 is 0 Å². The van der Waals surface area contributed by atoms with E-state index in [4.69, 9.17) is 4.74 Å². The molecule has 0 aliphatic carbocycles. The molecule has 0 unspecified atom stereocenters. The first kappa shape index (κ1) is 18.9. The molecular formula is C22H33NO. The van der Waals surface area contributed by atoms with Crippen molar-refractivity contribution in [3.05, 3.63) is 29.8 Å². The van der Waals surface area contributed by atoms with Crippen LogP contribution >= 0.6 is 0 Å². The van der Waals surface area contributed by atoms with E-state index in [1.165, 1.54) is 18.4 Å². The van der Waals surface area contributed by atoms with E-state index in [1.54, 1.807) is 0 Å². The van der Waals surface area contributed by atoms with Gasteiger partial charge in [0, 0.05) is 5.41 Å². The van der Waals surface area contributed by atoms with Crippen LogP contribution in [0.5, 0.6) is 5.75 Å². The Kier molecular flexibility index (Phi) is 5.99. The molecule has 0 radical (unpaired) electrons. The number of hydrogen-bond acceptors (Lipinski definition) is 2. The Morgan fingerprint density at radius 3 is 2.08 bits per heavy atom. The third-order valence-electron chi connectivity index (χ3n) is 4.13. The topological polar surface area (TPSA) is 12.5 Å². The van der Waals surface area contributed by atoms with Gasteiger partial charge in [-0.15, -0.1) is 0 Å². The molecule has 0 atom stereocenters. The van der Waals surface area contributed by atoms with Crippen molar-refractivity contribution in [2.45, 2.75) is 65.9 Å². The Morgan fingerprint density at radius 1 is 1.00 bits per heavy atom. The summed E-state index contributed by atoms with van der Waals surface area (Å²) in [5.41, 5.74) is 1.41. The number of benzene rings is 1. The minimum Gasteiger partial charge on any atom is -0.488 e. The van der Waals surface area contributed by atoms with Gasteiger partial charge in [-0.3, -0.25) is 4.90 Å². The molecule has 1 aromatic rings. The lowest BCUT2D eigenvalue weighted by Crippen LogP contribution is -2.33. The molecule has 1 heterocycles. The zero-order valence-corrected chi connectivity index (χ0v) is 16.3. The molecular weight excluding hydrogens is 294 g/mol. The van der Waals surface area contributed by atoms with Crippen molar-refractivity contribution in [2.24, 2.45) is 5.41 Å². The van der Waals surface area contributed by atoms with Crippen LogP contribution in [0, 0.1) is 17.3 Å². The normalized spacial score (nSPS) is 17.2. The summed E-state index contributed by atoms with van der Waals surface area (Å²) in [6.45, 7) is 15.9. The van der Waals surface area contributed by atoms with Crippen molar-refractivity contribution >= 4 is 0 Å². The lowest BCUT2D eigenvalue weighted by Gasteiger charge is -2.31. The number of ether oxygens (including phenoxy) is 1. The van der Waals surface area contributed by atoms with E-state index in [2.05, 4.69) is 82.5 Å². The van der Waals surface area contributed by atoms with E-state index in [0.717, 1.165) is 25.4 Å². The molecule has 0 N–H and O–H groups in total. The maximum Gasteiger partial charge on any atom is 0.120 e. The fraction of sp³-hybridized carbons (Fsp3) is 0.636. The molecule has 2 rings (SSSR count). The first-order valence-electron chi connectivity index (χ1n) is 9.14. The number of likely N-dealkylation sites (tertiary alicyclic amines) is 1. The second-order valence-corrected chi connectivity index (χ2v) is 8.89. The van der Waals surface area contributed by atoms with Gasteiger partial charge in [-0.1, -0.05) is 24.0 Å². The van der Waals surface area contributed by atoms with Crippen molar-refractivity contribution < 1.29 is 4.74 Å². The van der Waals surface area contributed by atoms with Crippen LogP contribution in [-0.2, 0) is 0 Å². The van der Waals surface area contributed by atoms with Crippen LogP contribution in [0.3, 0.4) is 0 Å². The lowest BCUT2D eigenvalue weighted by atomic mass is 9.89. The second-order valence-electron chi connectivity index (χ2n) is 8.89. The average Bonchev–Trinajstić information content (AvgIpc) is 2.46. The summed E-state index contributed by atoms with van der Waals surface area (Å²) in [6.07, 6.45) is 2.44. The number of hydrogen-bond donors (Lipinski definition) is 0. The van der Waals surface area contributed by atoms with Gasteiger partial charge in [0.2, 0.25) is 0 Å². The van der Waals surface area contributed by atoms with Crippen molar-refractivity contribution in [3.8, 4) is 17.6 Å². The third-order valence-corrected chi connectivity index (χ3v) is 4.13. The molecule has 0 saturated carbocycles. The molecule has 0 bridgehead atoms. The van der Waals surface area contributed by atoms with Gasteiger partial charge in [0.15, 0.2) is 0 Å². The summed E-state index contributed by atoms with van der Waals surface area (Å²) in [5, 5.41) is 0. The predicted molar refractivity (Wildman–Crippen MR) is 102 cm³/mol. The van der Waals surface area contributed by atoms with Gasteiger partial charge in [0.1, 0.15) is 11.4 Å². The first-order valence-corrected chi connectivity index (χ1v) is 9.14. The van der Waals surface area contributed by atoms with E-state index in [1.807, 2.05) is 0 Å². The Labute approximate surface area is 148 Å². The van der Waals surface area contributed by atoms with Crippen LogP contribution in [-0.4, -0.2) is 30.1 Å². The molecule has 0 aromatic heterocycles. The van der Waals surface area contributed by atoms with Crippen LogP contribution in [0.4, 0.5) is 0 Å². The van der Waals surface area contributed by atoms with Gasteiger partial charge in [0.25, 0.3) is 0 Å². The van der Waals surface area contributed by atoms with Crippen LogP contribution in [0.15, 0.2) is 24.3 Å². The monoisotopic (exact) mass is 327 g/mol.